The molecular weight excluding hydrogens is 390 g/mol. The highest BCUT2D eigenvalue weighted by atomic mass is 79.9. The summed E-state index contributed by atoms with van der Waals surface area (Å²) in [6.07, 6.45) is 3.66. The topological polar surface area (TPSA) is 54.5 Å². The average molecular weight is 420 g/mol. The molecule has 6 heteroatoms. The molecule has 1 aromatic carbocycles. The molecule has 1 aliphatic rings. The van der Waals surface area contributed by atoms with Gasteiger partial charge in [0.1, 0.15) is 0 Å². The van der Waals surface area contributed by atoms with Crippen LogP contribution in [-0.4, -0.2) is 37.9 Å². The zero-order valence-electron chi connectivity index (χ0n) is 15.4. The maximum Gasteiger partial charge on any atom is 0.211 e. The fourth-order valence-corrected chi connectivity index (χ4v) is 3.44. The van der Waals surface area contributed by atoms with Crippen LogP contribution in [0.4, 0.5) is 0 Å². The summed E-state index contributed by atoms with van der Waals surface area (Å²) in [5, 5.41) is 0. The van der Waals surface area contributed by atoms with Gasteiger partial charge in [-0.2, -0.15) is 0 Å². The van der Waals surface area contributed by atoms with Crippen LogP contribution < -0.4 is 0 Å². The fourth-order valence-electron chi connectivity index (χ4n) is 2.30. The van der Waals surface area contributed by atoms with Crippen LogP contribution >= 0.6 is 15.9 Å². The van der Waals surface area contributed by atoms with E-state index in [4.69, 9.17) is 0 Å². The van der Waals surface area contributed by atoms with E-state index in [0.29, 0.717) is 31.5 Å². The van der Waals surface area contributed by atoms with Crippen LogP contribution in [0.1, 0.15) is 57.3 Å². The van der Waals surface area contributed by atoms with Gasteiger partial charge in [-0.1, -0.05) is 62.2 Å². The molecule has 1 saturated heterocycles. The maximum absolute atomic E-state index is 12.3. The van der Waals surface area contributed by atoms with Crippen LogP contribution in [0.2, 0.25) is 0 Å². The van der Waals surface area contributed by atoms with Gasteiger partial charge in [-0.15, -0.1) is 0 Å². The standard InChI is InChI=1S/C13H16BrNO3S.C3H8.C2H6/c1-19(17,18)15-8-6-11(7-9-15)13(16)10-2-4-12(14)5-3-10;1-3-2;1-2/h2-5,11H,6-9H2,1H3;3H2,1-2H3;1-2H3. The molecule has 2 rings (SSSR count). The van der Waals surface area contributed by atoms with Gasteiger partial charge in [0.25, 0.3) is 0 Å². The van der Waals surface area contributed by atoms with E-state index in [9.17, 15) is 13.2 Å². The van der Waals surface area contributed by atoms with Crippen LogP contribution in [0, 0.1) is 5.92 Å². The van der Waals surface area contributed by atoms with Crippen molar-refractivity contribution in [1.29, 1.82) is 0 Å². The summed E-state index contributed by atoms with van der Waals surface area (Å²) >= 11 is 3.34. The summed E-state index contributed by atoms with van der Waals surface area (Å²) in [7, 11) is -3.13. The third kappa shape index (κ3) is 7.90. The molecule has 0 saturated carbocycles. The first-order chi connectivity index (χ1) is 11.3. The molecule has 0 unspecified atom stereocenters. The number of nitrogens with zero attached hydrogens (tertiary/aromatic N) is 1. The fraction of sp³-hybridized carbons (Fsp3) is 0.611. The van der Waals surface area contributed by atoms with E-state index in [1.54, 1.807) is 12.1 Å². The van der Waals surface area contributed by atoms with Crippen LogP contribution in [0.25, 0.3) is 0 Å². The minimum atomic E-state index is -3.13. The van der Waals surface area contributed by atoms with Gasteiger partial charge in [0, 0.05) is 29.0 Å². The van der Waals surface area contributed by atoms with Crippen molar-refractivity contribution in [2.24, 2.45) is 5.92 Å². The zero-order chi connectivity index (χ0) is 18.8. The lowest BCUT2D eigenvalue weighted by Gasteiger charge is -2.29. The van der Waals surface area contributed by atoms with E-state index in [1.807, 2.05) is 26.0 Å². The van der Waals surface area contributed by atoms with Crippen molar-refractivity contribution in [3.63, 3.8) is 0 Å². The summed E-state index contributed by atoms with van der Waals surface area (Å²) in [6.45, 7) is 9.12. The molecule has 1 aromatic rings. The van der Waals surface area contributed by atoms with Crippen LogP contribution in [0.15, 0.2) is 28.7 Å². The van der Waals surface area contributed by atoms with E-state index < -0.39 is 10.0 Å². The number of ketones is 1. The third-order valence-corrected chi connectivity index (χ3v) is 5.25. The first kappa shape index (κ1) is 23.3. The lowest BCUT2D eigenvalue weighted by Crippen LogP contribution is -2.39. The number of halogens is 1. The molecule has 138 valence electrons. The zero-order valence-corrected chi connectivity index (χ0v) is 17.8. The normalized spacial score (nSPS) is 15.6. The van der Waals surface area contributed by atoms with Crippen molar-refractivity contribution in [2.75, 3.05) is 19.3 Å². The van der Waals surface area contributed by atoms with E-state index in [2.05, 4.69) is 29.8 Å². The average Bonchev–Trinajstić information content (AvgIpc) is 2.57. The minimum absolute atomic E-state index is 0.0702. The predicted octanol–water partition coefficient (Wildman–Crippen LogP) is 4.75. The summed E-state index contributed by atoms with van der Waals surface area (Å²) < 4.78 is 25.2. The molecule has 0 amide bonds. The van der Waals surface area contributed by atoms with Gasteiger partial charge in [-0.25, -0.2) is 12.7 Å². The Balaban J connectivity index is 0.000000952. The Kier molecular flexibility index (Phi) is 11.4. The molecule has 24 heavy (non-hydrogen) atoms. The Bertz CT molecular complexity index is 577. The molecule has 0 atom stereocenters. The molecule has 0 N–H and O–H groups in total. The highest BCUT2D eigenvalue weighted by Crippen LogP contribution is 2.23. The summed E-state index contributed by atoms with van der Waals surface area (Å²) in [4.78, 5) is 12.3. The lowest BCUT2D eigenvalue weighted by atomic mass is 9.90. The number of piperidine rings is 1. The molecule has 0 radical (unpaired) electrons. The predicted molar refractivity (Wildman–Crippen MR) is 105 cm³/mol. The van der Waals surface area contributed by atoms with E-state index in [-0.39, 0.29) is 11.7 Å². The molecule has 1 fully saturated rings. The summed E-state index contributed by atoms with van der Waals surface area (Å²) in [5.41, 5.74) is 0.695. The number of rotatable bonds is 3. The molecular formula is C18H30BrNO3S. The van der Waals surface area contributed by atoms with E-state index >= 15 is 0 Å². The number of hydrogen-bond acceptors (Lipinski definition) is 3. The van der Waals surface area contributed by atoms with Gasteiger partial charge in [-0.05, 0) is 25.0 Å². The first-order valence-corrected chi connectivity index (χ1v) is 11.2. The smallest absolute Gasteiger partial charge is 0.211 e. The number of carbonyl (C=O) groups is 1. The van der Waals surface area contributed by atoms with Gasteiger partial charge >= 0.3 is 0 Å². The second kappa shape index (κ2) is 11.8. The van der Waals surface area contributed by atoms with Crippen molar-refractivity contribution in [3.05, 3.63) is 34.3 Å². The third-order valence-electron chi connectivity index (χ3n) is 3.42. The molecule has 0 aromatic heterocycles. The quantitative estimate of drug-likeness (QED) is 0.664. The Morgan fingerprint density at radius 1 is 1.12 bits per heavy atom. The van der Waals surface area contributed by atoms with E-state index in [0.717, 1.165) is 4.47 Å². The Morgan fingerprint density at radius 3 is 1.92 bits per heavy atom. The highest BCUT2D eigenvalue weighted by Gasteiger charge is 2.29. The van der Waals surface area contributed by atoms with Crippen LogP contribution in [0.3, 0.4) is 0 Å². The van der Waals surface area contributed by atoms with Crippen molar-refractivity contribution >= 4 is 31.7 Å². The second-order valence-corrected chi connectivity index (χ2v) is 8.41. The van der Waals surface area contributed by atoms with Gasteiger partial charge in [-0.3, -0.25) is 4.79 Å². The molecule has 4 nitrogen and oxygen atoms in total. The largest absolute Gasteiger partial charge is 0.294 e. The van der Waals surface area contributed by atoms with Gasteiger partial charge in [0.05, 0.1) is 6.26 Å². The lowest BCUT2D eigenvalue weighted by molar-refractivity contribution is 0.0875. The highest BCUT2D eigenvalue weighted by molar-refractivity contribution is 9.10. The van der Waals surface area contributed by atoms with Crippen LogP contribution in [-0.2, 0) is 10.0 Å². The molecule has 1 heterocycles. The number of Topliss-reactive ketones (excluding diaryl/α,β-unsaturated/α-hetero) is 1. The number of sulfonamides is 1. The molecule has 0 aliphatic carbocycles. The molecule has 0 spiro atoms. The van der Waals surface area contributed by atoms with Crippen molar-refractivity contribution in [2.45, 2.75) is 47.0 Å². The number of carbonyl (C=O) groups excluding carboxylic acids is 1. The monoisotopic (exact) mass is 419 g/mol. The summed E-state index contributed by atoms with van der Waals surface area (Å²) in [6, 6.07) is 7.29. The Morgan fingerprint density at radius 2 is 1.54 bits per heavy atom. The van der Waals surface area contributed by atoms with Crippen LogP contribution in [0.5, 0.6) is 0 Å². The number of benzene rings is 1. The SMILES string of the molecule is CC.CCC.CS(=O)(=O)N1CCC(C(=O)c2ccc(Br)cc2)CC1. The van der Waals surface area contributed by atoms with Crippen molar-refractivity contribution in [3.8, 4) is 0 Å². The van der Waals surface area contributed by atoms with E-state index in [1.165, 1.54) is 17.0 Å². The van der Waals surface area contributed by atoms with Gasteiger partial charge < -0.3 is 0 Å². The van der Waals surface area contributed by atoms with Gasteiger partial charge in [0.15, 0.2) is 5.78 Å². The van der Waals surface area contributed by atoms with Crippen molar-refractivity contribution in [1.82, 2.24) is 4.31 Å². The molecule has 1 aliphatic heterocycles. The van der Waals surface area contributed by atoms with Crippen molar-refractivity contribution < 1.29 is 13.2 Å². The first-order valence-electron chi connectivity index (χ1n) is 8.54. The minimum Gasteiger partial charge on any atom is -0.294 e. The Hall–Kier alpha value is -0.720. The van der Waals surface area contributed by atoms with Gasteiger partial charge in [0.2, 0.25) is 10.0 Å². The Labute approximate surface area is 155 Å². The maximum atomic E-state index is 12.3. The summed E-state index contributed by atoms with van der Waals surface area (Å²) in [5.74, 6) is 0.0415. The molecule has 0 bridgehead atoms. The number of hydrogen-bond donors (Lipinski definition) is 0. The second-order valence-electron chi connectivity index (χ2n) is 5.51.